The molecule has 0 aliphatic carbocycles. The number of nitrogens with zero attached hydrogens (tertiary/aromatic N) is 6. The molecule has 0 atom stereocenters. The van der Waals surface area contributed by atoms with Gasteiger partial charge in [-0.2, -0.15) is 0 Å². The third-order valence-corrected chi connectivity index (χ3v) is 4.85. The fourth-order valence-electron chi connectivity index (χ4n) is 3.06. The fraction of sp³-hybridized carbons (Fsp3) is 0.625. The molecule has 1 saturated heterocycles. The van der Waals surface area contributed by atoms with Crippen LogP contribution in [0.3, 0.4) is 0 Å². The van der Waals surface area contributed by atoms with Crippen molar-refractivity contribution in [2.45, 2.75) is 39.8 Å². The average molecular weight is 316 g/mol. The smallest absolute Gasteiger partial charge is 0.256 e. The summed E-state index contributed by atoms with van der Waals surface area (Å²) in [7, 11) is 1.97. The molecule has 0 amide bonds. The molecule has 1 aliphatic heterocycles. The minimum absolute atomic E-state index is 0.0963. The summed E-state index contributed by atoms with van der Waals surface area (Å²) in [6.07, 6.45) is 5.62. The Balaban J connectivity index is 1.56. The first-order chi connectivity index (χ1) is 11.0. The van der Waals surface area contributed by atoms with Crippen LogP contribution in [0.1, 0.15) is 29.9 Å². The fourth-order valence-corrected chi connectivity index (χ4v) is 3.06. The molecule has 7 heteroatoms. The number of aromatic nitrogens is 5. The largest absolute Gasteiger partial charge is 0.320 e. The van der Waals surface area contributed by atoms with Gasteiger partial charge in [-0.1, -0.05) is 0 Å². The van der Waals surface area contributed by atoms with Crippen LogP contribution >= 0.6 is 0 Å². The Bertz CT molecular complexity index is 726. The second-order valence-corrected chi connectivity index (χ2v) is 6.49. The minimum atomic E-state index is 0.0963. The van der Waals surface area contributed by atoms with Gasteiger partial charge >= 0.3 is 0 Å². The zero-order valence-electron chi connectivity index (χ0n) is 14.1. The number of aryl methyl sites for hydroxylation is 2. The molecule has 7 nitrogen and oxygen atoms in total. The Morgan fingerprint density at radius 2 is 1.96 bits per heavy atom. The van der Waals surface area contributed by atoms with E-state index in [9.17, 15) is 4.79 Å². The maximum Gasteiger partial charge on any atom is 0.256 e. The van der Waals surface area contributed by atoms with Crippen molar-refractivity contribution < 1.29 is 0 Å². The van der Waals surface area contributed by atoms with Crippen molar-refractivity contribution >= 4 is 0 Å². The van der Waals surface area contributed by atoms with Crippen molar-refractivity contribution in [2.75, 3.05) is 13.1 Å². The van der Waals surface area contributed by atoms with E-state index in [2.05, 4.69) is 20.1 Å². The van der Waals surface area contributed by atoms with Gasteiger partial charge in [-0.3, -0.25) is 14.3 Å². The first kappa shape index (κ1) is 15.9. The van der Waals surface area contributed by atoms with E-state index in [4.69, 9.17) is 0 Å². The highest BCUT2D eigenvalue weighted by molar-refractivity contribution is 5.12. The Morgan fingerprint density at radius 3 is 2.61 bits per heavy atom. The van der Waals surface area contributed by atoms with Crippen LogP contribution in [0.25, 0.3) is 0 Å². The molecule has 2 aromatic heterocycles. The van der Waals surface area contributed by atoms with Crippen LogP contribution < -0.4 is 5.56 Å². The standard InChI is InChI=1S/C16H24N6O/c1-12-13(2)17-10-22(16(12)23)8-14-4-6-21(7-5-14)9-15-19-18-11-20(15)3/h10-11,14H,4-9H2,1-3H3. The maximum absolute atomic E-state index is 12.3. The summed E-state index contributed by atoms with van der Waals surface area (Å²) in [5.74, 6) is 1.53. The Kier molecular flexibility index (Phi) is 4.56. The van der Waals surface area contributed by atoms with E-state index < -0.39 is 0 Å². The van der Waals surface area contributed by atoms with Crippen molar-refractivity contribution in [1.82, 2.24) is 29.2 Å². The molecule has 0 radical (unpaired) electrons. The molecule has 0 aromatic carbocycles. The highest BCUT2D eigenvalue weighted by Crippen LogP contribution is 2.19. The third kappa shape index (κ3) is 3.50. The molecule has 1 aliphatic rings. The molecule has 124 valence electrons. The van der Waals surface area contributed by atoms with Crippen LogP contribution in [-0.4, -0.2) is 42.3 Å². The molecule has 3 rings (SSSR count). The monoisotopic (exact) mass is 316 g/mol. The van der Waals surface area contributed by atoms with Crippen LogP contribution in [0.4, 0.5) is 0 Å². The van der Waals surface area contributed by atoms with Crippen LogP contribution in [-0.2, 0) is 20.1 Å². The van der Waals surface area contributed by atoms with E-state index in [1.165, 1.54) is 0 Å². The van der Waals surface area contributed by atoms with Crippen LogP contribution in [0, 0.1) is 19.8 Å². The zero-order valence-corrected chi connectivity index (χ0v) is 14.1. The lowest BCUT2D eigenvalue weighted by Gasteiger charge is -2.31. The van der Waals surface area contributed by atoms with Crippen molar-refractivity contribution in [2.24, 2.45) is 13.0 Å². The molecule has 2 aromatic rings. The number of hydrogen-bond acceptors (Lipinski definition) is 5. The highest BCUT2D eigenvalue weighted by Gasteiger charge is 2.21. The summed E-state index contributed by atoms with van der Waals surface area (Å²) in [6, 6.07) is 0. The van der Waals surface area contributed by atoms with Crippen molar-refractivity contribution in [3.63, 3.8) is 0 Å². The predicted molar refractivity (Wildman–Crippen MR) is 87.0 cm³/mol. The van der Waals surface area contributed by atoms with E-state index in [0.717, 1.165) is 56.1 Å². The molecule has 0 saturated carbocycles. The topological polar surface area (TPSA) is 68.8 Å². The molecular weight excluding hydrogens is 292 g/mol. The van der Waals surface area contributed by atoms with E-state index >= 15 is 0 Å². The van der Waals surface area contributed by atoms with Crippen LogP contribution in [0.15, 0.2) is 17.4 Å². The van der Waals surface area contributed by atoms with Crippen molar-refractivity contribution in [3.05, 3.63) is 40.1 Å². The lowest BCUT2D eigenvalue weighted by atomic mass is 9.96. The second kappa shape index (κ2) is 6.62. The lowest BCUT2D eigenvalue weighted by Crippen LogP contribution is -2.36. The van der Waals surface area contributed by atoms with Gasteiger partial charge in [-0.25, -0.2) is 4.98 Å². The number of hydrogen-bond donors (Lipinski definition) is 0. The Hall–Kier alpha value is -2.02. The average Bonchev–Trinajstić information content (AvgIpc) is 2.95. The molecule has 0 N–H and O–H groups in total. The van der Waals surface area contributed by atoms with Gasteiger partial charge in [-0.15, -0.1) is 10.2 Å². The minimum Gasteiger partial charge on any atom is -0.320 e. The molecule has 0 bridgehead atoms. The molecule has 0 unspecified atom stereocenters. The predicted octanol–water partition coefficient (Wildman–Crippen LogP) is 0.901. The number of likely N-dealkylation sites (tertiary alicyclic amines) is 1. The first-order valence-corrected chi connectivity index (χ1v) is 8.12. The van der Waals surface area contributed by atoms with Crippen LogP contribution in [0.2, 0.25) is 0 Å². The van der Waals surface area contributed by atoms with Gasteiger partial charge in [0.2, 0.25) is 0 Å². The van der Waals surface area contributed by atoms with E-state index in [0.29, 0.717) is 5.92 Å². The zero-order chi connectivity index (χ0) is 16.4. The SMILES string of the molecule is Cc1ncn(CC2CCN(Cc3nncn3C)CC2)c(=O)c1C. The summed E-state index contributed by atoms with van der Waals surface area (Å²) in [5, 5.41) is 8.07. The summed E-state index contributed by atoms with van der Waals surface area (Å²) in [6.45, 7) is 7.41. The van der Waals surface area contributed by atoms with Crippen molar-refractivity contribution in [1.29, 1.82) is 0 Å². The van der Waals surface area contributed by atoms with Gasteiger partial charge in [0, 0.05) is 24.8 Å². The van der Waals surface area contributed by atoms with Gasteiger partial charge in [0.05, 0.1) is 12.9 Å². The van der Waals surface area contributed by atoms with Gasteiger partial charge in [0.1, 0.15) is 12.2 Å². The summed E-state index contributed by atoms with van der Waals surface area (Å²) >= 11 is 0. The van der Waals surface area contributed by atoms with E-state index in [1.54, 1.807) is 17.2 Å². The van der Waals surface area contributed by atoms with Gasteiger partial charge in [0.25, 0.3) is 5.56 Å². The van der Waals surface area contributed by atoms with Gasteiger partial charge in [-0.05, 0) is 45.7 Å². The quantitative estimate of drug-likeness (QED) is 0.838. The third-order valence-electron chi connectivity index (χ3n) is 4.85. The Morgan fingerprint density at radius 1 is 1.22 bits per heavy atom. The highest BCUT2D eigenvalue weighted by atomic mass is 16.1. The first-order valence-electron chi connectivity index (χ1n) is 8.12. The summed E-state index contributed by atoms with van der Waals surface area (Å²) in [4.78, 5) is 19.0. The van der Waals surface area contributed by atoms with E-state index in [1.807, 2.05) is 25.5 Å². The maximum atomic E-state index is 12.3. The Labute approximate surface area is 136 Å². The summed E-state index contributed by atoms with van der Waals surface area (Å²) < 4.78 is 3.73. The molecule has 23 heavy (non-hydrogen) atoms. The normalized spacial score (nSPS) is 16.8. The van der Waals surface area contributed by atoms with Gasteiger partial charge < -0.3 is 4.57 Å². The number of rotatable bonds is 4. The number of piperidine rings is 1. The molecule has 3 heterocycles. The molecule has 1 fully saturated rings. The van der Waals surface area contributed by atoms with Crippen LogP contribution in [0.5, 0.6) is 0 Å². The van der Waals surface area contributed by atoms with E-state index in [-0.39, 0.29) is 5.56 Å². The van der Waals surface area contributed by atoms with Crippen molar-refractivity contribution in [3.8, 4) is 0 Å². The molecule has 0 spiro atoms. The lowest BCUT2D eigenvalue weighted by molar-refractivity contribution is 0.161. The van der Waals surface area contributed by atoms with Gasteiger partial charge in [0.15, 0.2) is 0 Å². The summed E-state index contributed by atoms with van der Waals surface area (Å²) in [5.41, 5.74) is 1.68. The molecular formula is C16H24N6O. The second-order valence-electron chi connectivity index (χ2n) is 6.49.